The Morgan fingerprint density at radius 2 is 1.88 bits per heavy atom. The molecule has 3 aliphatic rings. The molecule has 0 spiro atoms. The van der Waals surface area contributed by atoms with E-state index in [1.807, 2.05) is 13.8 Å². The van der Waals surface area contributed by atoms with E-state index in [1.165, 1.54) is 25.9 Å². The van der Waals surface area contributed by atoms with Gasteiger partial charge in [0.1, 0.15) is 0 Å². The molecule has 16 heavy (non-hydrogen) atoms. The maximum Gasteiger partial charge on any atom is 0.0875 e. The lowest BCUT2D eigenvalue weighted by molar-refractivity contribution is -0.123. The molecule has 3 heteroatoms. The van der Waals surface area contributed by atoms with Crippen molar-refractivity contribution in [2.45, 2.75) is 51.2 Å². The number of aliphatic hydroxyl groups is 1. The number of hydrogen-bond acceptors (Lipinski definition) is 3. The van der Waals surface area contributed by atoms with Gasteiger partial charge in [-0.3, -0.25) is 0 Å². The molecule has 0 radical (unpaired) electrons. The van der Waals surface area contributed by atoms with E-state index in [0.717, 1.165) is 25.3 Å². The van der Waals surface area contributed by atoms with E-state index in [2.05, 4.69) is 4.90 Å². The predicted octanol–water partition coefficient (Wildman–Crippen LogP) is 1.65. The lowest BCUT2D eigenvalue weighted by Gasteiger charge is -2.45. The van der Waals surface area contributed by atoms with E-state index in [9.17, 15) is 5.11 Å². The summed E-state index contributed by atoms with van der Waals surface area (Å²) in [6, 6.07) is 0. The zero-order chi connectivity index (χ0) is 11.6. The minimum absolute atomic E-state index is 0.368. The Labute approximate surface area is 98.8 Å². The second-order valence-electron chi connectivity index (χ2n) is 5.42. The highest BCUT2D eigenvalue weighted by molar-refractivity contribution is 4.88. The molecule has 94 valence electrons. The van der Waals surface area contributed by atoms with E-state index >= 15 is 0 Å². The largest absolute Gasteiger partial charge is 0.388 e. The molecule has 0 aromatic carbocycles. The summed E-state index contributed by atoms with van der Waals surface area (Å²) >= 11 is 0. The summed E-state index contributed by atoms with van der Waals surface area (Å²) < 4.78 is 5.97. The number of rotatable bonds is 5. The van der Waals surface area contributed by atoms with Crippen molar-refractivity contribution in [1.29, 1.82) is 0 Å². The van der Waals surface area contributed by atoms with E-state index in [-0.39, 0.29) is 0 Å². The Morgan fingerprint density at radius 1 is 1.25 bits per heavy atom. The van der Waals surface area contributed by atoms with Crippen molar-refractivity contribution in [3.63, 3.8) is 0 Å². The molecular formula is C13H25NO2. The summed E-state index contributed by atoms with van der Waals surface area (Å²) in [4.78, 5) is 2.49. The van der Waals surface area contributed by atoms with Gasteiger partial charge in [0.25, 0.3) is 0 Å². The van der Waals surface area contributed by atoms with Crippen LogP contribution >= 0.6 is 0 Å². The van der Waals surface area contributed by atoms with Crippen LogP contribution < -0.4 is 0 Å². The standard InChI is InChI=1S/C13H25NO2/c1-3-13(15,4-2)10-16-12-9-14-7-5-11(12)6-8-14/h11-12,15H,3-10H2,1-2H3. The van der Waals surface area contributed by atoms with Crippen LogP contribution in [0.2, 0.25) is 0 Å². The molecule has 0 aromatic rings. The summed E-state index contributed by atoms with van der Waals surface area (Å²) in [5.41, 5.74) is -0.605. The molecule has 3 aliphatic heterocycles. The summed E-state index contributed by atoms with van der Waals surface area (Å²) in [5.74, 6) is 0.739. The third-order valence-corrected chi connectivity index (χ3v) is 4.48. The molecule has 3 nitrogen and oxygen atoms in total. The van der Waals surface area contributed by atoms with Crippen LogP contribution in [0.3, 0.4) is 0 Å². The van der Waals surface area contributed by atoms with Crippen LogP contribution in [0.1, 0.15) is 39.5 Å². The molecule has 3 saturated heterocycles. The number of piperidine rings is 3. The number of ether oxygens (including phenoxy) is 1. The van der Waals surface area contributed by atoms with Gasteiger partial charge in [0, 0.05) is 6.54 Å². The average molecular weight is 227 g/mol. The van der Waals surface area contributed by atoms with Gasteiger partial charge < -0.3 is 14.7 Å². The molecule has 2 bridgehead atoms. The molecule has 0 aliphatic carbocycles. The average Bonchev–Trinajstić information content (AvgIpc) is 2.37. The SMILES string of the molecule is CCC(O)(CC)COC1CN2CCC1CC2. The van der Waals surface area contributed by atoms with E-state index in [0.29, 0.717) is 12.7 Å². The van der Waals surface area contributed by atoms with Gasteiger partial charge in [-0.15, -0.1) is 0 Å². The molecule has 3 rings (SSSR count). The fourth-order valence-electron chi connectivity index (χ4n) is 2.82. The highest BCUT2D eigenvalue weighted by atomic mass is 16.5. The topological polar surface area (TPSA) is 32.7 Å². The molecular weight excluding hydrogens is 202 g/mol. The summed E-state index contributed by atoms with van der Waals surface area (Å²) in [6.45, 7) is 8.14. The maximum atomic E-state index is 10.2. The molecule has 1 atom stereocenters. The molecule has 0 amide bonds. The van der Waals surface area contributed by atoms with Crippen LogP contribution in [0.5, 0.6) is 0 Å². The van der Waals surface area contributed by atoms with Crippen molar-refractivity contribution >= 4 is 0 Å². The van der Waals surface area contributed by atoms with Crippen LogP contribution in [0, 0.1) is 5.92 Å². The van der Waals surface area contributed by atoms with E-state index in [1.54, 1.807) is 0 Å². The Bertz CT molecular complexity index is 220. The van der Waals surface area contributed by atoms with Gasteiger partial charge in [-0.1, -0.05) is 13.8 Å². The first-order valence-corrected chi connectivity index (χ1v) is 6.73. The highest BCUT2D eigenvalue weighted by Gasteiger charge is 2.36. The Morgan fingerprint density at radius 3 is 2.31 bits per heavy atom. The highest BCUT2D eigenvalue weighted by Crippen LogP contribution is 2.30. The van der Waals surface area contributed by atoms with Crippen LogP contribution in [0.25, 0.3) is 0 Å². The smallest absolute Gasteiger partial charge is 0.0875 e. The molecule has 3 fully saturated rings. The van der Waals surface area contributed by atoms with Crippen LogP contribution in [-0.2, 0) is 4.74 Å². The fourth-order valence-corrected chi connectivity index (χ4v) is 2.82. The number of fused-ring (bicyclic) bond motifs is 3. The summed E-state index contributed by atoms with van der Waals surface area (Å²) in [5, 5.41) is 10.2. The van der Waals surface area contributed by atoms with Crippen LogP contribution in [0.4, 0.5) is 0 Å². The Hall–Kier alpha value is -0.120. The van der Waals surface area contributed by atoms with Gasteiger partial charge in [-0.05, 0) is 44.7 Å². The molecule has 0 aromatic heterocycles. The zero-order valence-electron chi connectivity index (χ0n) is 10.6. The van der Waals surface area contributed by atoms with Crippen LogP contribution in [0.15, 0.2) is 0 Å². The monoisotopic (exact) mass is 227 g/mol. The number of nitrogens with zero attached hydrogens (tertiary/aromatic N) is 1. The molecule has 1 unspecified atom stereocenters. The third-order valence-electron chi connectivity index (χ3n) is 4.48. The first-order valence-electron chi connectivity index (χ1n) is 6.73. The zero-order valence-corrected chi connectivity index (χ0v) is 10.6. The minimum Gasteiger partial charge on any atom is -0.388 e. The third kappa shape index (κ3) is 2.58. The lowest BCUT2D eigenvalue weighted by atomic mass is 9.85. The van der Waals surface area contributed by atoms with Gasteiger partial charge in [-0.2, -0.15) is 0 Å². The number of hydrogen-bond donors (Lipinski definition) is 1. The molecule has 1 N–H and O–H groups in total. The van der Waals surface area contributed by atoms with Crippen molar-refractivity contribution in [2.24, 2.45) is 5.92 Å². The van der Waals surface area contributed by atoms with Crippen molar-refractivity contribution in [1.82, 2.24) is 4.90 Å². The molecule has 0 saturated carbocycles. The van der Waals surface area contributed by atoms with Gasteiger partial charge in [0.05, 0.1) is 18.3 Å². The van der Waals surface area contributed by atoms with Crippen molar-refractivity contribution in [3.8, 4) is 0 Å². The minimum atomic E-state index is -0.605. The molecule has 3 heterocycles. The second kappa shape index (κ2) is 5.03. The summed E-state index contributed by atoms with van der Waals surface area (Å²) in [6.07, 6.45) is 4.49. The lowest BCUT2D eigenvalue weighted by Crippen LogP contribution is -2.52. The maximum absolute atomic E-state index is 10.2. The van der Waals surface area contributed by atoms with E-state index in [4.69, 9.17) is 4.74 Å². The van der Waals surface area contributed by atoms with Gasteiger partial charge in [-0.25, -0.2) is 0 Å². The second-order valence-corrected chi connectivity index (χ2v) is 5.42. The summed E-state index contributed by atoms with van der Waals surface area (Å²) in [7, 11) is 0. The van der Waals surface area contributed by atoms with E-state index < -0.39 is 5.60 Å². The predicted molar refractivity (Wildman–Crippen MR) is 64.4 cm³/mol. The Kier molecular flexibility index (Phi) is 3.88. The van der Waals surface area contributed by atoms with Crippen molar-refractivity contribution < 1.29 is 9.84 Å². The van der Waals surface area contributed by atoms with Crippen molar-refractivity contribution in [3.05, 3.63) is 0 Å². The first kappa shape index (κ1) is 12.3. The quantitative estimate of drug-likeness (QED) is 0.775. The van der Waals surface area contributed by atoms with Gasteiger partial charge in [0.15, 0.2) is 0 Å². The Balaban J connectivity index is 1.82. The van der Waals surface area contributed by atoms with Gasteiger partial charge in [0.2, 0.25) is 0 Å². The fraction of sp³-hybridized carbons (Fsp3) is 1.00. The first-order chi connectivity index (χ1) is 7.67. The van der Waals surface area contributed by atoms with Crippen LogP contribution in [-0.4, -0.2) is 48.0 Å². The van der Waals surface area contributed by atoms with Crippen molar-refractivity contribution in [2.75, 3.05) is 26.2 Å². The van der Waals surface area contributed by atoms with Gasteiger partial charge >= 0.3 is 0 Å². The normalized spacial score (nSPS) is 34.3.